The van der Waals surface area contributed by atoms with Crippen molar-refractivity contribution in [3.63, 3.8) is 0 Å². The van der Waals surface area contributed by atoms with E-state index in [2.05, 4.69) is 13.8 Å². The zero-order valence-electron chi connectivity index (χ0n) is 21.1. The Morgan fingerprint density at radius 1 is 1.03 bits per heavy atom. The molecule has 0 amide bonds. The van der Waals surface area contributed by atoms with Crippen LogP contribution in [0.2, 0.25) is 0 Å². The van der Waals surface area contributed by atoms with Crippen molar-refractivity contribution in [3.8, 4) is 11.5 Å². The number of nitrogens with zero attached hydrogens (tertiary/aromatic N) is 1. The van der Waals surface area contributed by atoms with Crippen LogP contribution in [0.4, 0.5) is 0 Å². The summed E-state index contributed by atoms with van der Waals surface area (Å²) in [5.74, 6) is -0.205. The summed E-state index contributed by atoms with van der Waals surface area (Å²) in [5, 5.41) is 0. The topological polar surface area (TPSA) is 74.2 Å². The predicted molar refractivity (Wildman–Crippen MR) is 135 cm³/mol. The molecule has 1 heterocycles. The average molecular weight is 476 g/mol. The van der Waals surface area contributed by atoms with Gasteiger partial charge in [-0.05, 0) is 30.4 Å². The van der Waals surface area contributed by atoms with Gasteiger partial charge in [0.1, 0.15) is 17.3 Å². The highest BCUT2D eigenvalue weighted by Gasteiger charge is 2.48. The van der Waals surface area contributed by atoms with E-state index >= 15 is 0 Å². The number of ether oxygens (including phenoxy) is 3. The highest BCUT2D eigenvalue weighted by atomic mass is 16.5. The Bertz CT molecular complexity index is 1180. The molecular formula is C29H33NO5. The number of rotatable bonds is 7. The number of methoxy groups -OCH3 is 2. The summed E-state index contributed by atoms with van der Waals surface area (Å²) in [5.41, 5.74) is 3.51. The molecule has 1 fully saturated rings. The summed E-state index contributed by atoms with van der Waals surface area (Å²) in [6, 6.07) is 15.4. The Kier molecular flexibility index (Phi) is 7.10. The zero-order chi connectivity index (χ0) is 25.2. The molecule has 0 bridgehead atoms. The summed E-state index contributed by atoms with van der Waals surface area (Å²) < 4.78 is 16.8. The Morgan fingerprint density at radius 2 is 1.77 bits per heavy atom. The standard InChI is InChI=1S/C29H33NO5/c1-18-25(28(32)35-14-13-19-9-7-6-8-10-19)26(21-12-11-20(33-4)15-24(21)34-5)27-22(30-18)16-29(2,3)17-23(27)31/h6-12,15,26-27H,13-14,16-17H2,1-5H3. The normalized spacial score (nSPS) is 21.2. The van der Waals surface area contributed by atoms with Crippen molar-refractivity contribution in [1.82, 2.24) is 0 Å². The molecule has 1 aliphatic carbocycles. The van der Waals surface area contributed by atoms with E-state index in [1.165, 1.54) is 0 Å². The average Bonchev–Trinajstić information content (AvgIpc) is 2.82. The van der Waals surface area contributed by atoms with E-state index in [9.17, 15) is 9.59 Å². The molecule has 1 saturated carbocycles. The number of Topliss-reactive ketones (excluding diaryl/α,β-unsaturated/α-hetero) is 1. The Morgan fingerprint density at radius 3 is 2.46 bits per heavy atom. The molecule has 0 radical (unpaired) electrons. The van der Waals surface area contributed by atoms with Gasteiger partial charge in [-0.2, -0.15) is 0 Å². The highest BCUT2D eigenvalue weighted by Crippen LogP contribution is 2.49. The summed E-state index contributed by atoms with van der Waals surface area (Å²) in [6.07, 6.45) is 1.74. The fourth-order valence-corrected chi connectivity index (χ4v) is 5.25. The van der Waals surface area contributed by atoms with E-state index in [1.807, 2.05) is 49.4 Å². The van der Waals surface area contributed by atoms with Gasteiger partial charge in [0.2, 0.25) is 0 Å². The molecule has 0 spiro atoms. The van der Waals surface area contributed by atoms with Crippen molar-refractivity contribution >= 4 is 17.5 Å². The van der Waals surface area contributed by atoms with Crippen LogP contribution in [0, 0.1) is 11.3 Å². The molecule has 2 aromatic rings. The number of ketones is 1. The fourth-order valence-electron chi connectivity index (χ4n) is 5.25. The Balaban J connectivity index is 1.73. The van der Waals surface area contributed by atoms with Crippen molar-refractivity contribution < 1.29 is 23.8 Å². The van der Waals surface area contributed by atoms with Crippen molar-refractivity contribution in [1.29, 1.82) is 0 Å². The van der Waals surface area contributed by atoms with Crippen molar-refractivity contribution in [2.75, 3.05) is 20.8 Å². The number of fused-ring (bicyclic) bond motifs is 1. The number of esters is 1. The summed E-state index contributed by atoms with van der Waals surface area (Å²) >= 11 is 0. The van der Waals surface area contributed by atoms with Crippen LogP contribution in [0.3, 0.4) is 0 Å². The van der Waals surface area contributed by atoms with Gasteiger partial charge in [-0.15, -0.1) is 0 Å². The molecule has 2 aromatic carbocycles. The van der Waals surface area contributed by atoms with Crippen LogP contribution in [0.15, 0.2) is 64.8 Å². The molecule has 4 rings (SSSR count). The molecule has 184 valence electrons. The van der Waals surface area contributed by atoms with Crippen LogP contribution >= 0.6 is 0 Å². The second kappa shape index (κ2) is 10.1. The fraction of sp³-hybridized carbons (Fsp3) is 0.414. The number of benzene rings is 2. The third-order valence-electron chi connectivity index (χ3n) is 6.83. The molecule has 35 heavy (non-hydrogen) atoms. The third-order valence-corrected chi connectivity index (χ3v) is 6.83. The minimum atomic E-state index is -0.531. The minimum Gasteiger partial charge on any atom is -0.497 e. The van der Waals surface area contributed by atoms with E-state index in [0.717, 1.165) is 16.8 Å². The van der Waals surface area contributed by atoms with Crippen LogP contribution < -0.4 is 9.47 Å². The van der Waals surface area contributed by atoms with E-state index < -0.39 is 17.8 Å². The molecule has 2 atom stereocenters. The maximum Gasteiger partial charge on any atom is 0.336 e. The van der Waals surface area contributed by atoms with Crippen molar-refractivity contribution in [2.45, 2.75) is 46.0 Å². The first-order valence-corrected chi connectivity index (χ1v) is 12.0. The van der Waals surface area contributed by atoms with Gasteiger partial charge in [0, 0.05) is 41.8 Å². The first-order chi connectivity index (χ1) is 16.7. The monoisotopic (exact) mass is 475 g/mol. The first kappa shape index (κ1) is 24.7. The van der Waals surface area contributed by atoms with Gasteiger partial charge >= 0.3 is 5.97 Å². The third kappa shape index (κ3) is 5.16. The molecule has 2 unspecified atom stereocenters. The molecule has 6 nitrogen and oxygen atoms in total. The number of hydrogen-bond acceptors (Lipinski definition) is 6. The minimum absolute atomic E-state index is 0.0879. The second-order valence-corrected chi connectivity index (χ2v) is 10.0. The lowest BCUT2D eigenvalue weighted by molar-refractivity contribution is -0.139. The number of carbonyl (C=O) groups excluding carboxylic acids is 2. The maximum absolute atomic E-state index is 13.5. The number of hydrogen-bond donors (Lipinski definition) is 0. The molecule has 0 aromatic heterocycles. The number of carbonyl (C=O) groups is 2. The number of allylic oxidation sites excluding steroid dienone is 1. The van der Waals surface area contributed by atoms with E-state index in [-0.39, 0.29) is 17.8 Å². The summed E-state index contributed by atoms with van der Waals surface area (Å²) in [7, 11) is 3.17. The van der Waals surface area contributed by atoms with Gasteiger partial charge in [0.05, 0.1) is 32.3 Å². The van der Waals surface area contributed by atoms with Crippen LogP contribution in [0.1, 0.15) is 50.7 Å². The van der Waals surface area contributed by atoms with E-state index in [4.69, 9.17) is 19.2 Å². The molecular weight excluding hydrogens is 442 g/mol. The number of aliphatic imine (C=N–C) groups is 1. The molecule has 2 aliphatic rings. The molecule has 6 heteroatoms. The largest absolute Gasteiger partial charge is 0.497 e. The summed E-state index contributed by atoms with van der Waals surface area (Å²) in [6.45, 7) is 6.23. The lowest BCUT2D eigenvalue weighted by Crippen LogP contribution is -2.44. The maximum atomic E-state index is 13.5. The van der Waals surface area contributed by atoms with Gasteiger partial charge in [-0.3, -0.25) is 9.79 Å². The SMILES string of the molecule is COc1ccc(C2C(C(=O)OCCc3ccccc3)=C(C)N=C3CC(C)(C)CC(=O)C32)c(OC)c1. The second-order valence-electron chi connectivity index (χ2n) is 10.0. The van der Waals surface area contributed by atoms with Crippen LogP contribution in [-0.2, 0) is 20.7 Å². The van der Waals surface area contributed by atoms with Crippen LogP contribution in [-0.4, -0.2) is 38.3 Å². The first-order valence-electron chi connectivity index (χ1n) is 12.0. The smallest absolute Gasteiger partial charge is 0.336 e. The van der Waals surface area contributed by atoms with E-state index in [1.54, 1.807) is 20.3 Å². The van der Waals surface area contributed by atoms with Gasteiger partial charge in [0.15, 0.2) is 0 Å². The zero-order valence-corrected chi connectivity index (χ0v) is 21.1. The van der Waals surface area contributed by atoms with Gasteiger partial charge in [-0.25, -0.2) is 4.79 Å². The van der Waals surface area contributed by atoms with E-state index in [0.29, 0.717) is 42.0 Å². The molecule has 1 aliphatic heterocycles. The van der Waals surface area contributed by atoms with Gasteiger partial charge in [-0.1, -0.05) is 50.2 Å². The highest BCUT2D eigenvalue weighted by molar-refractivity contribution is 6.12. The molecule has 0 N–H and O–H groups in total. The predicted octanol–water partition coefficient (Wildman–Crippen LogP) is 5.31. The van der Waals surface area contributed by atoms with Crippen LogP contribution in [0.25, 0.3) is 0 Å². The quantitative estimate of drug-likeness (QED) is 0.508. The van der Waals surface area contributed by atoms with Crippen molar-refractivity contribution in [2.24, 2.45) is 16.3 Å². The van der Waals surface area contributed by atoms with Crippen LogP contribution in [0.5, 0.6) is 11.5 Å². The van der Waals surface area contributed by atoms with Gasteiger partial charge < -0.3 is 14.2 Å². The van der Waals surface area contributed by atoms with Gasteiger partial charge in [0.25, 0.3) is 0 Å². The Labute approximate surface area is 207 Å². The Hall–Kier alpha value is -3.41. The lowest BCUT2D eigenvalue weighted by atomic mass is 9.63. The van der Waals surface area contributed by atoms with Crippen molar-refractivity contribution in [3.05, 3.63) is 70.9 Å². The lowest BCUT2D eigenvalue weighted by Gasteiger charge is -2.41. The molecule has 0 saturated heterocycles. The summed E-state index contributed by atoms with van der Waals surface area (Å²) in [4.78, 5) is 31.8.